The molecule has 6 heteroatoms. The van der Waals surface area contributed by atoms with Crippen molar-refractivity contribution < 1.29 is 8.42 Å². The van der Waals surface area contributed by atoms with Crippen molar-refractivity contribution in [2.45, 2.75) is 26.4 Å². The minimum atomic E-state index is -2.87. The van der Waals surface area contributed by atoms with E-state index in [2.05, 4.69) is 17.3 Å². The number of nitrogens with one attached hydrogen (secondary N) is 1. The quantitative estimate of drug-likeness (QED) is 0.707. The standard InChI is InChI=1S/C10H19N3O2S/c1-3-5-13-9-10(8-12-13)7-11-4-6-16(2,14)15/h8-9,11H,3-7H2,1-2H3. The molecule has 1 heterocycles. The molecule has 5 nitrogen and oxygen atoms in total. The first-order chi connectivity index (χ1) is 7.51. The normalized spacial score (nSPS) is 11.9. The van der Waals surface area contributed by atoms with Gasteiger partial charge in [0.2, 0.25) is 0 Å². The molecule has 0 radical (unpaired) electrons. The van der Waals surface area contributed by atoms with Crippen LogP contribution in [-0.2, 0) is 22.9 Å². The third kappa shape index (κ3) is 5.27. The van der Waals surface area contributed by atoms with Gasteiger partial charge < -0.3 is 5.32 Å². The van der Waals surface area contributed by atoms with E-state index in [0.29, 0.717) is 13.1 Å². The van der Waals surface area contributed by atoms with E-state index in [-0.39, 0.29) is 5.75 Å². The van der Waals surface area contributed by atoms with Crippen LogP contribution in [0.1, 0.15) is 18.9 Å². The molecule has 1 aromatic rings. The lowest BCUT2D eigenvalue weighted by Crippen LogP contribution is -2.21. The van der Waals surface area contributed by atoms with Gasteiger partial charge >= 0.3 is 0 Å². The fourth-order valence-corrected chi connectivity index (χ4v) is 1.85. The smallest absolute Gasteiger partial charge is 0.148 e. The zero-order chi connectivity index (χ0) is 12.0. The summed E-state index contributed by atoms with van der Waals surface area (Å²) in [6.45, 7) is 4.17. The Balaban J connectivity index is 2.26. The molecule has 0 saturated carbocycles. The Morgan fingerprint density at radius 2 is 2.25 bits per heavy atom. The first-order valence-electron chi connectivity index (χ1n) is 5.41. The van der Waals surface area contributed by atoms with Gasteiger partial charge in [0, 0.05) is 37.7 Å². The molecule has 0 bridgehead atoms. The molecule has 1 N–H and O–H groups in total. The van der Waals surface area contributed by atoms with Crippen LogP contribution >= 0.6 is 0 Å². The van der Waals surface area contributed by atoms with Gasteiger partial charge in [0.15, 0.2) is 0 Å². The Bertz CT molecular complexity index is 411. The summed E-state index contributed by atoms with van der Waals surface area (Å²) in [6.07, 6.45) is 6.09. The van der Waals surface area contributed by atoms with E-state index < -0.39 is 9.84 Å². The number of nitrogens with zero attached hydrogens (tertiary/aromatic N) is 2. The van der Waals surface area contributed by atoms with Crippen LogP contribution in [0.15, 0.2) is 12.4 Å². The summed E-state index contributed by atoms with van der Waals surface area (Å²) in [5.41, 5.74) is 1.09. The van der Waals surface area contributed by atoms with E-state index in [1.54, 1.807) is 0 Å². The maximum absolute atomic E-state index is 10.9. The Morgan fingerprint density at radius 3 is 2.88 bits per heavy atom. The Morgan fingerprint density at radius 1 is 1.50 bits per heavy atom. The van der Waals surface area contributed by atoms with E-state index in [1.165, 1.54) is 6.26 Å². The van der Waals surface area contributed by atoms with Crippen molar-refractivity contribution in [3.63, 3.8) is 0 Å². The van der Waals surface area contributed by atoms with Crippen LogP contribution in [0.2, 0.25) is 0 Å². The van der Waals surface area contributed by atoms with Crippen LogP contribution in [-0.4, -0.2) is 36.8 Å². The number of hydrogen-bond donors (Lipinski definition) is 1. The van der Waals surface area contributed by atoms with Gasteiger partial charge in [-0.15, -0.1) is 0 Å². The SMILES string of the molecule is CCCn1cc(CNCCS(C)(=O)=O)cn1. The van der Waals surface area contributed by atoms with Gasteiger partial charge in [-0.2, -0.15) is 5.10 Å². The molecular weight excluding hydrogens is 226 g/mol. The highest BCUT2D eigenvalue weighted by atomic mass is 32.2. The molecule has 0 unspecified atom stereocenters. The number of sulfone groups is 1. The Labute approximate surface area is 96.8 Å². The van der Waals surface area contributed by atoms with Crippen LogP contribution in [0.5, 0.6) is 0 Å². The lowest BCUT2D eigenvalue weighted by Gasteiger charge is -2.01. The van der Waals surface area contributed by atoms with E-state index in [0.717, 1.165) is 18.5 Å². The van der Waals surface area contributed by atoms with Crippen LogP contribution in [0.3, 0.4) is 0 Å². The minimum absolute atomic E-state index is 0.177. The van der Waals surface area contributed by atoms with Gasteiger partial charge in [-0.05, 0) is 6.42 Å². The van der Waals surface area contributed by atoms with Crippen molar-refractivity contribution >= 4 is 9.84 Å². The number of hydrogen-bond acceptors (Lipinski definition) is 4. The molecule has 0 aliphatic rings. The van der Waals surface area contributed by atoms with Gasteiger partial charge in [0.1, 0.15) is 9.84 Å². The highest BCUT2D eigenvalue weighted by Crippen LogP contribution is 1.98. The van der Waals surface area contributed by atoms with Crippen molar-refractivity contribution in [1.82, 2.24) is 15.1 Å². The van der Waals surface area contributed by atoms with E-state index in [9.17, 15) is 8.42 Å². The van der Waals surface area contributed by atoms with Gasteiger partial charge in [0.05, 0.1) is 11.9 Å². The molecule has 0 fully saturated rings. The fraction of sp³-hybridized carbons (Fsp3) is 0.700. The van der Waals surface area contributed by atoms with E-state index in [1.807, 2.05) is 17.1 Å². The van der Waals surface area contributed by atoms with Crippen LogP contribution in [0.4, 0.5) is 0 Å². The molecule has 1 aromatic heterocycles. The summed E-state index contributed by atoms with van der Waals surface area (Å²) in [5.74, 6) is 0.177. The average Bonchev–Trinajstić information content (AvgIpc) is 2.60. The monoisotopic (exact) mass is 245 g/mol. The molecule has 92 valence electrons. The summed E-state index contributed by atoms with van der Waals surface area (Å²) in [4.78, 5) is 0. The number of rotatable bonds is 7. The highest BCUT2D eigenvalue weighted by Gasteiger charge is 2.01. The summed E-state index contributed by atoms with van der Waals surface area (Å²) >= 11 is 0. The fourth-order valence-electron chi connectivity index (χ4n) is 1.34. The summed E-state index contributed by atoms with van der Waals surface area (Å²) in [6, 6.07) is 0. The van der Waals surface area contributed by atoms with Crippen LogP contribution < -0.4 is 5.32 Å². The van der Waals surface area contributed by atoms with Gasteiger partial charge in [-0.1, -0.05) is 6.92 Å². The predicted molar refractivity (Wildman–Crippen MR) is 63.9 cm³/mol. The lowest BCUT2D eigenvalue weighted by molar-refractivity contribution is 0.595. The van der Waals surface area contributed by atoms with Crippen molar-refractivity contribution in [3.8, 4) is 0 Å². The van der Waals surface area contributed by atoms with Crippen molar-refractivity contribution in [2.24, 2.45) is 0 Å². The summed E-state index contributed by atoms with van der Waals surface area (Å²) < 4.78 is 23.6. The molecular formula is C10H19N3O2S. The molecule has 0 aliphatic carbocycles. The van der Waals surface area contributed by atoms with Gasteiger partial charge in [-0.25, -0.2) is 8.42 Å². The molecule has 0 atom stereocenters. The maximum atomic E-state index is 10.9. The largest absolute Gasteiger partial charge is 0.312 e. The van der Waals surface area contributed by atoms with Crippen molar-refractivity contribution in [3.05, 3.63) is 18.0 Å². The predicted octanol–water partition coefficient (Wildman–Crippen LogP) is 0.427. The number of aryl methyl sites for hydroxylation is 1. The topological polar surface area (TPSA) is 64.0 Å². The summed E-state index contributed by atoms with van der Waals surface area (Å²) in [5, 5.41) is 7.27. The Kier molecular flexibility index (Phi) is 4.95. The van der Waals surface area contributed by atoms with E-state index in [4.69, 9.17) is 0 Å². The zero-order valence-corrected chi connectivity index (χ0v) is 10.6. The molecule has 0 aliphatic heterocycles. The number of aromatic nitrogens is 2. The molecule has 0 aromatic carbocycles. The summed E-state index contributed by atoms with van der Waals surface area (Å²) in [7, 11) is -2.87. The zero-order valence-electron chi connectivity index (χ0n) is 9.81. The van der Waals surface area contributed by atoms with Gasteiger partial charge in [0.25, 0.3) is 0 Å². The molecule has 0 spiro atoms. The third-order valence-corrected chi connectivity index (χ3v) is 3.06. The second-order valence-corrected chi connectivity index (χ2v) is 6.18. The van der Waals surface area contributed by atoms with Crippen molar-refractivity contribution in [2.75, 3.05) is 18.6 Å². The van der Waals surface area contributed by atoms with Gasteiger partial charge in [-0.3, -0.25) is 4.68 Å². The highest BCUT2D eigenvalue weighted by molar-refractivity contribution is 7.90. The first-order valence-corrected chi connectivity index (χ1v) is 7.47. The average molecular weight is 245 g/mol. The van der Waals surface area contributed by atoms with Crippen molar-refractivity contribution in [1.29, 1.82) is 0 Å². The molecule has 16 heavy (non-hydrogen) atoms. The maximum Gasteiger partial charge on any atom is 0.148 e. The minimum Gasteiger partial charge on any atom is -0.312 e. The van der Waals surface area contributed by atoms with Crippen LogP contribution in [0.25, 0.3) is 0 Å². The lowest BCUT2D eigenvalue weighted by atomic mass is 10.3. The van der Waals surface area contributed by atoms with Crippen LogP contribution in [0, 0.1) is 0 Å². The molecule has 0 amide bonds. The molecule has 1 rings (SSSR count). The molecule has 0 saturated heterocycles. The Hall–Kier alpha value is -0.880. The van der Waals surface area contributed by atoms with E-state index >= 15 is 0 Å². The first kappa shape index (κ1) is 13.2. The third-order valence-electron chi connectivity index (χ3n) is 2.12. The second-order valence-electron chi connectivity index (χ2n) is 3.92. The second kappa shape index (κ2) is 6.00.